The van der Waals surface area contributed by atoms with Gasteiger partial charge in [-0.3, -0.25) is 4.90 Å². The third kappa shape index (κ3) is 2.52. The molecule has 0 aromatic carbocycles. The molecule has 0 saturated carbocycles. The minimum atomic E-state index is -0.458. The Morgan fingerprint density at radius 3 is 2.78 bits per heavy atom. The molecule has 102 valence electrons. The van der Waals surface area contributed by atoms with Gasteiger partial charge in [0.15, 0.2) is 0 Å². The first kappa shape index (κ1) is 13.7. The van der Waals surface area contributed by atoms with E-state index in [1.54, 1.807) is 0 Å². The fraction of sp³-hybridized carbons (Fsp3) is 0.769. The summed E-state index contributed by atoms with van der Waals surface area (Å²) in [4.78, 5) is 14.2. The van der Waals surface area contributed by atoms with E-state index in [-0.39, 0.29) is 17.7 Å². The van der Waals surface area contributed by atoms with Crippen LogP contribution in [0, 0.1) is 0 Å². The SMILES string of the molecule is CC(C)(C)OC(=O)N1C2C=CC1(CCOS)CC2. The summed E-state index contributed by atoms with van der Waals surface area (Å²) in [6.07, 6.45) is 6.74. The van der Waals surface area contributed by atoms with Crippen LogP contribution in [0.25, 0.3) is 0 Å². The summed E-state index contributed by atoms with van der Waals surface area (Å²) in [6.45, 7) is 6.19. The van der Waals surface area contributed by atoms with Gasteiger partial charge >= 0.3 is 6.09 Å². The van der Waals surface area contributed by atoms with Gasteiger partial charge in [-0.2, -0.15) is 0 Å². The van der Waals surface area contributed by atoms with E-state index in [0.717, 1.165) is 19.3 Å². The molecule has 0 radical (unpaired) electrons. The molecule has 2 aliphatic heterocycles. The number of thiol groups is 1. The van der Waals surface area contributed by atoms with E-state index in [0.29, 0.717) is 6.61 Å². The number of fused-ring (bicyclic) bond motifs is 2. The number of carbonyl (C=O) groups excluding carboxylic acids is 1. The Labute approximate surface area is 114 Å². The Hall–Kier alpha value is -0.680. The summed E-state index contributed by atoms with van der Waals surface area (Å²) in [5.74, 6) is 0. The zero-order valence-electron chi connectivity index (χ0n) is 11.2. The topological polar surface area (TPSA) is 38.8 Å². The van der Waals surface area contributed by atoms with Crippen LogP contribution in [0.5, 0.6) is 0 Å². The van der Waals surface area contributed by atoms with E-state index in [2.05, 4.69) is 25.1 Å². The number of ether oxygens (including phenoxy) is 1. The van der Waals surface area contributed by atoms with Gasteiger partial charge in [-0.05, 0) is 52.9 Å². The van der Waals surface area contributed by atoms with Gasteiger partial charge in [-0.15, -0.1) is 0 Å². The maximum Gasteiger partial charge on any atom is 0.411 e. The Bertz CT molecular complexity index is 364. The van der Waals surface area contributed by atoms with Gasteiger partial charge in [0.2, 0.25) is 0 Å². The highest BCUT2D eigenvalue weighted by Gasteiger charge is 2.51. The van der Waals surface area contributed by atoms with Crippen LogP contribution < -0.4 is 0 Å². The molecule has 0 N–H and O–H groups in total. The van der Waals surface area contributed by atoms with Gasteiger partial charge in [0, 0.05) is 0 Å². The average Bonchev–Trinajstić information content (AvgIpc) is 2.79. The van der Waals surface area contributed by atoms with Gasteiger partial charge in [0.25, 0.3) is 0 Å². The molecule has 2 rings (SSSR count). The zero-order chi connectivity index (χ0) is 13.4. The van der Waals surface area contributed by atoms with Crippen LogP contribution in [-0.4, -0.2) is 34.8 Å². The van der Waals surface area contributed by atoms with Crippen LogP contribution in [0.1, 0.15) is 40.0 Å². The molecule has 0 aliphatic carbocycles. The van der Waals surface area contributed by atoms with Crippen molar-refractivity contribution in [3.05, 3.63) is 12.2 Å². The van der Waals surface area contributed by atoms with Crippen molar-refractivity contribution < 1.29 is 13.7 Å². The van der Waals surface area contributed by atoms with Crippen molar-refractivity contribution >= 4 is 19.0 Å². The van der Waals surface area contributed by atoms with Crippen molar-refractivity contribution in [2.24, 2.45) is 0 Å². The van der Waals surface area contributed by atoms with E-state index in [1.807, 2.05) is 25.7 Å². The van der Waals surface area contributed by atoms with E-state index < -0.39 is 5.60 Å². The highest BCUT2D eigenvalue weighted by molar-refractivity contribution is 7.75. The number of hydrogen-bond acceptors (Lipinski definition) is 4. The van der Waals surface area contributed by atoms with Crippen LogP contribution in [0.3, 0.4) is 0 Å². The molecule has 2 aliphatic rings. The molecule has 2 heterocycles. The molecule has 0 aromatic rings. The van der Waals surface area contributed by atoms with Gasteiger partial charge in [0.05, 0.1) is 18.2 Å². The average molecular weight is 271 g/mol. The minimum absolute atomic E-state index is 0.180. The molecule has 1 saturated heterocycles. The Balaban J connectivity index is 2.10. The highest BCUT2D eigenvalue weighted by Crippen LogP contribution is 2.44. The van der Waals surface area contributed by atoms with Crippen molar-refractivity contribution in [2.45, 2.75) is 57.2 Å². The third-order valence-electron chi connectivity index (χ3n) is 3.53. The number of nitrogens with zero attached hydrogens (tertiary/aromatic N) is 1. The van der Waals surface area contributed by atoms with Gasteiger partial charge in [-0.25, -0.2) is 4.79 Å². The summed E-state index contributed by atoms with van der Waals surface area (Å²) in [7, 11) is 0. The molecule has 1 fully saturated rings. The second-order valence-electron chi connectivity index (χ2n) is 6.00. The predicted molar refractivity (Wildman–Crippen MR) is 72.5 cm³/mol. The van der Waals surface area contributed by atoms with E-state index in [1.165, 1.54) is 0 Å². The molecule has 4 nitrogen and oxygen atoms in total. The molecular formula is C13H21NO3S. The summed E-state index contributed by atoms with van der Waals surface area (Å²) in [5.41, 5.74) is -0.684. The first-order chi connectivity index (χ1) is 8.38. The van der Waals surface area contributed by atoms with Gasteiger partial charge < -0.3 is 8.92 Å². The van der Waals surface area contributed by atoms with E-state index in [4.69, 9.17) is 8.92 Å². The molecule has 0 spiro atoms. The van der Waals surface area contributed by atoms with Crippen LogP contribution in [0.2, 0.25) is 0 Å². The second-order valence-corrected chi connectivity index (χ2v) is 6.26. The van der Waals surface area contributed by atoms with Crippen molar-refractivity contribution in [1.82, 2.24) is 4.90 Å². The quantitative estimate of drug-likeness (QED) is 0.487. The lowest BCUT2D eigenvalue weighted by molar-refractivity contribution is 0.0104. The normalized spacial score (nSPS) is 30.0. The van der Waals surface area contributed by atoms with Gasteiger partial charge in [0.1, 0.15) is 5.60 Å². The van der Waals surface area contributed by atoms with E-state index >= 15 is 0 Å². The first-order valence-corrected chi connectivity index (χ1v) is 6.72. The number of rotatable bonds is 3. The lowest BCUT2D eigenvalue weighted by Crippen LogP contribution is -2.48. The highest BCUT2D eigenvalue weighted by atomic mass is 32.1. The summed E-state index contributed by atoms with van der Waals surface area (Å²) in [5, 5.41) is 0. The van der Waals surface area contributed by atoms with Crippen molar-refractivity contribution in [3.8, 4) is 0 Å². The Morgan fingerprint density at radius 2 is 2.28 bits per heavy atom. The summed E-state index contributed by atoms with van der Waals surface area (Å²) < 4.78 is 10.4. The molecule has 2 atom stereocenters. The zero-order valence-corrected chi connectivity index (χ0v) is 12.1. The second kappa shape index (κ2) is 4.78. The fourth-order valence-corrected chi connectivity index (χ4v) is 2.88. The number of carbonyl (C=O) groups is 1. The van der Waals surface area contributed by atoms with Crippen LogP contribution in [-0.2, 0) is 8.92 Å². The maximum absolute atomic E-state index is 12.3. The molecule has 18 heavy (non-hydrogen) atoms. The standard InChI is InChI=1S/C13H21NO3S/c1-12(2,3)17-11(15)14-10-4-6-13(14,7-5-10)8-9-16-18/h4,6,10,18H,5,7-9H2,1-3H3. The maximum atomic E-state index is 12.3. The molecule has 0 aromatic heterocycles. The first-order valence-electron chi connectivity index (χ1n) is 6.36. The van der Waals surface area contributed by atoms with Crippen molar-refractivity contribution in [1.29, 1.82) is 0 Å². The van der Waals surface area contributed by atoms with Crippen LogP contribution in [0.15, 0.2) is 12.2 Å². The third-order valence-corrected chi connectivity index (χ3v) is 3.71. The fourth-order valence-electron chi connectivity index (χ4n) is 2.79. The predicted octanol–water partition coefficient (Wildman–Crippen LogP) is 2.95. The van der Waals surface area contributed by atoms with Crippen LogP contribution in [0.4, 0.5) is 4.79 Å². The van der Waals surface area contributed by atoms with Crippen LogP contribution >= 0.6 is 12.9 Å². The Morgan fingerprint density at radius 1 is 1.56 bits per heavy atom. The molecule has 1 amide bonds. The smallest absolute Gasteiger partial charge is 0.411 e. The number of hydrogen-bond donors (Lipinski definition) is 1. The van der Waals surface area contributed by atoms with E-state index in [9.17, 15) is 4.79 Å². The molecule has 2 unspecified atom stereocenters. The molecule has 5 heteroatoms. The van der Waals surface area contributed by atoms with Gasteiger partial charge in [-0.1, -0.05) is 12.2 Å². The van der Waals surface area contributed by atoms with Crippen molar-refractivity contribution in [3.63, 3.8) is 0 Å². The summed E-state index contributed by atoms with van der Waals surface area (Å²) >= 11 is 3.77. The lowest BCUT2D eigenvalue weighted by Gasteiger charge is -2.35. The Kier molecular flexibility index (Phi) is 3.65. The monoisotopic (exact) mass is 271 g/mol. The largest absolute Gasteiger partial charge is 0.444 e. The molecule has 2 bridgehead atoms. The summed E-state index contributed by atoms with van der Waals surface area (Å²) in [6, 6.07) is 0.180. The number of amides is 1. The molecular weight excluding hydrogens is 250 g/mol. The minimum Gasteiger partial charge on any atom is -0.444 e. The lowest BCUT2D eigenvalue weighted by atomic mass is 9.90. The van der Waals surface area contributed by atoms with Crippen molar-refractivity contribution in [2.75, 3.05) is 6.61 Å².